The lowest BCUT2D eigenvalue weighted by Gasteiger charge is -2.17. The van der Waals surface area contributed by atoms with E-state index in [4.69, 9.17) is 0 Å². The van der Waals surface area contributed by atoms with Crippen LogP contribution in [0.1, 0.15) is 43.5 Å². The first kappa shape index (κ1) is 32.6. The van der Waals surface area contributed by atoms with Crippen molar-refractivity contribution in [1.29, 1.82) is 10.5 Å². The minimum Gasteiger partial charge on any atom is -0.505 e. The molecule has 0 unspecified atom stereocenters. The lowest BCUT2D eigenvalue weighted by atomic mass is 10.2. The van der Waals surface area contributed by atoms with Crippen LogP contribution in [0.2, 0.25) is 0 Å². The highest BCUT2D eigenvalue weighted by molar-refractivity contribution is 6.05. The van der Waals surface area contributed by atoms with Gasteiger partial charge in [0, 0.05) is 23.9 Å². The maximum absolute atomic E-state index is 13.7. The Morgan fingerprint density at radius 1 is 0.740 bits per heavy atom. The second kappa shape index (κ2) is 13.1. The predicted molar refractivity (Wildman–Crippen MR) is 170 cm³/mol. The number of halogens is 2. The van der Waals surface area contributed by atoms with E-state index in [0.29, 0.717) is 11.1 Å². The summed E-state index contributed by atoms with van der Waals surface area (Å²) in [6, 6.07) is 17.8. The molecular formula is C34H22F2N8O6. The molecule has 0 bridgehead atoms. The summed E-state index contributed by atoms with van der Waals surface area (Å²) in [5, 5.41) is 55.1. The molecule has 4 aromatic heterocycles. The van der Waals surface area contributed by atoms with Gasteiger partial charge in [-0.1, -0.05) is 24.3 Å². The average molecular weight is 677 g/mol. The number of carbonyl (C=O) groups is 3. The standard InChI is InChI=1S/C34H22F2N8O6/c35-19-5-1-3-17(7-19)15-43-21(11-37)9-23-25(43)13-39-27(29(23)45)32(47)41-31(34(49)50)42-33(48)28-30(46)24-10-22(12-38)44(26(24)14-40-28)16-18-4-2-6-20(36)8-18/h1-10,13-14,31,45-46H,15-16H2,(H,41,47)(H,42,48)(H,49,50). The molecule has 6 rings (SSSR count). The van der Waals surface area contributed by atoms with Crippen LogP contribution in [0.25, 0.3) is 21.8 Å². The van der Waals surface area contributed by atoms with Gasteiger partial charge in [0.15, 0.2) is 22.9 Å². The zero-order valence-electron chi connectivity index (χ0n) is 25.4. The van der Waals surface area contributed by atoms with E-state index >= 15 is 0 Å². The summed E-state index contributed by atoms with van der Waals surface area (Å²) in [6.07, 6.45) is 0.236. The summed E-state index contributed by atoms with van der Waals surface area (Å²) in [5.74, 6) is -6.52. The number of rotatable bonds is 9. The molecule has 0 atom stereocenters. The van der Waals surface area contributed by atoms with Crippen LogP contribution in [0.15, 0.2) is 73.1 Å². The molecule has 6 aromatic rings. The third-order valence-electron chi connectivity index (χ3n) is 7.78. The molecule has 0 fully saturated rings. The molecule has 50 heavy (non-hydrogen) atoms. The molecule has 248 valence electrons. The fraction of sp³-hybridized carbons (Fsp3) is 0.0882. The third kappa shape index (κ3) is 6.07. The van der Waals surface area contributed by atoms with Crippen molar-refractivity contribution in [2.45, 2.75) is 19.3 Å². The van der Waals surface area contributed by atoms with Gasteiger partial charge in [-0.05, 0) is 47.5 Å². The number of aromatic nitrogens is 4. The van der Waals surface area contributed by atoms with Gasteiger partial charge in [0.1, 0.15) is 35.2 Å². The quantitative estimate of drug-likeness (QED) is 0.140. The molecule has 0 aliphatic rings. The van der Waals surface area contributed by atoms with Crippen molar-refractivity contribution in [2.24, 2.45) is 0 Å². The van der Waals surface area contributed by atoms with E-state index in [-0.39, 0.29) is 46.3 Å². The molecule has 0 aliphatic heterocycles. The van der Waals surface area contributed by atoms with Crippen molar-refractivity contribution >= 4 is 39.6 Å². The Kier molecular flexibility index (Phi) is 8.51. The van der Waals surface area contributed by atoms with Crippen molar-refractivity contribution in [3.8, 4) is 23.6 Å². The average Bonchev–Trinajstić information content (AvgIpc) is 3.63. The highest BCUT2D eigenvalue weighted by Gasteiger charge is 2.29. The van der Waals surface area contributed by atoms with E-state index in [2.05, 4.69) is 9.97 Å². The van der Waals surface area contributed by atoms with Gasteiger partial charge in [-0.2, -0.15) is 10.5 Å². The van der Waals surface area contributed by atoms with Crippen LogP contribution in [-0.2, 0) is 17.9 Å². The lowest BCUT2D eigenvalue weighted by Crippen LogP contribution is -2.53. The Morgan fingerprint density at radius 2 is 1.16 bits per heavy atom. The van der Waals surface area contributed by atoms with Crippen LogP contribution in [0.5, 0.6) is 11.5 Å². The van der Waals surface area contributed by atoms with Crippen LogP contribution in [0.3, 0.4) is 0 Å². The third-order valence-corrected chi connectivity index (χ3v) is 7.78. The maximum Gasteiger partial charge on any atom is 0.347 e. The van der Waals surface area contributed by atoms with Gasteiger partial charge < -0.3 is 35.1 Å². The number of nitriles is 2. The summed E-state index contributed by atoms with van der Waals surface area (Å²) < 4.78 is 30.4. The number of benzene rings is 2. The molecule has 0 saturated heterocycles. The second-order valence-electron chi connectivity index (χ2n) is 10.9. The molecule has 4 heterocycles. The minimum absolute atomic E-state index is 0.0255. The van der Waals surface area contributed by atoms with E-state index < -0.39 is 58.5 Å². The number of hydrogen-bond acceptors (Lipinski definition) is 9. The predicted octanol–water partition coefficient (Wildman–Crippen LogP) is 3.49. The molecule has 5 N–H and O–H groups in total. The Labute approximate surface area is 279 Å². The molecule has 14 nitrogen and oxygen atoms in total. The van der Waals surface area contributed by atoms with E-state index in [1.165, 1.54) is 70.1 Å². The number of aromatic hydroxyl groups is 2. The van der Waals surface area contributed by atoms with Gasteiger partial charge in [0.2, 0.25) is 6.17 Å². The van der Waals surface area contributed by atoms with Crippen LogP contribution in [-0.4, -0.2) is 58.4 Å². The number of fused-ring (bicyclic) bond motifs is 2. The number of aliphatic carboxylic acids is 1. The first-order valence-corrected chi connectivity index (χ1v) is 14.5. The summed E-state index contributed by atoms with van der Waals surface area (Å²) in [4.78, 5) is 46.2. The molecular weight excluding hydrogens is 654 g/mol. The van der Waals surface area contributed by atoms with Crippen LogP contribution < -0.4 is 10.6 Å². The Hall–Kier alpha value is -7.33. The Bertz CT molecular complexity index is 2300. The fourth-order valence-corrected chi connectivity index (χ4v) is 5.47. The van der Waals surface area contributed by atoms with Gasteiger partial charge in [0.05, 0.1) is 23.4 Å². The normalized spacial score (nSPS) is 11.0. The van der Waals surface area contributed by atoms with Crippen molar-refractivity contribution < 1.29 is 38.5 Å². The zero-order valence-corrected chi connectivity index (χ0v) is 25.4. The zero-order chi connectivity index (χ0) is 35.7. The topological polar surface area (TPSA) is 219 Å². The van der Waals surface area contributed by atoms with Gasteiger partial charge >= 0.3 is 5.97 Å². The van der Waals surface area contributed by atoms with Crippen LogP contribution in [0.4, 0.5) is 8.78 Å². The van der Waals surface area contributed by atoms with E-state index in [1.54, 1.807) is 12.1 Å². The smallest absolute Gasteiger partial charge is 0.347 e. The van der Waals surface area contributed by atoms with Crippen LogP contribution >= 0.6 is 0 Å². The summed E-state index contributed by atoms with van der Waals surface area (Å²) in [5.41, 5.74) is 0.329. The number of carboxylic acid groups (broad SMARTS) is 1. The van der Waals surface area contributed by atoms with Gasteiger partial charge in [0.25, 0.3) is 11.8 Å². The second-order valence-corrected chi connectivity index (χ2v) is 10.9. The summed E-state index contributed by atoms with van der Waals surface area (Å²) in [7, 11) is 0. The molecule has 0 aliphatic carbocycles. The van der Waals surface area contributed by atoms with E-state index in [0.717, 1.165) is 0 Å². The number of amides is 2. The highest BCUT2D eigenvalue weighted by Crippen LogP contribution is 2.32. The summed E-state index contributed by atoms with van der Waals surface area (Å²) in [6.45, 7) is 0.0678. The van der Waals surface area contributed by atoms with Gasteiger partial charge in [-0.15, -0.1) is 0 Å². The van der Waals surface area contributed by atoms with Gasteiger partial charge in [-0.3, -0.25) is 9.59 Å². The maximum atomic E-state index is 13.7. The number of nitrogens with zero attached hydrogens (tertiary/aromatic N) is 6. The first-order valence-electron chi connectivity index (χ1n) is 14.5. The number of carboxylic acids is 1. The molecule has 2 amide bonds. The number of carbonyl (C=O) groups excluding carboxylic acids is 2. The molecule has 0 saturated carbocycles. The fourth-order valence-electron chi connectivity index (χ4n) is 5.47. The molecule has 2 aromatic carbocycles. The monoisotopic (exact) mass is 676 g/mol. The Balaban J connectivity index is 1.24. The lowest BCUT2D eigenvalue weighted by molar-refractivity contribution is -0.139. The molecule has 0 radical (unpaired) electrons. The first-order chi connectivity index (χ1) is 24.0. The van der Waals surface area contributed by atoms with E-state index in [1.807, 2.05) is 22.8 Å². The van der Waals surface area contributed by atoms with E-state index in [9.17, 15) is 49.0 Å². The molecule has 16 heteroatoms. The molecule has 0 spiro atoms. The number of hydrogen-bond donors (Lipinski definition) is 5. The van der Waals surface area contributed by atoms with Gasteiger partial charge in [-0.25, -0.2) is 23.5 Å². The largest absolute Gasteiger partial charge is 0.505 e. The summed E-state index contributed by atoms with van der Waals surface area (Å²) >= 11 is 0. The Morgan fingerprint density at radius 3 is 1.52 bits per heavy atom. The van der Waals surface area contributed by atoms with Crippen molar-refractivity contribution in [3.05, 3.63) is 119 Å². The number of nitrogens with one attached hydrogen (secondary N) is 2. The SMILES string of the molecule is N#Cc1cc2c(O)c(C(=O)NC(NC(=O)c3ncc4c(cc(C#N)n4Cc4cccc(F)c4)c3O)C(=O)O)ncc2n1Cc1cccc(F)c1. The van der Waals surface area contributed by atoms with Crippen molar-refractivity contribution in [1.82, 2.24) is 29.7 Å². The highest BCUT2D eigenvalue weighted by atomic mass is 19.1. The van der Waals surface area contributed by atoms with Crippen LogP contribution in [0, 0.1) is 34.3 Å². The van der Waals surface area contributed by atoms with Crippen molar-refractivity contribution in [3.63, 3.8) is 0 Å². The van der Waals surface area contributed by atoms with Crippen molar-refractivity contribution in [2.75, 3.05) is 0 Å². The minimum atomic E-state index is -2.11. The number of pyridine rings is 2.